The van der Waals surface area contributed by atoms with Gasteiger partial charge in [0.05, 0.1) is 20.4 Å². The summed E-state index contributed by atoms with van der Waals surface area (Å²) < 4.78 is 87.8. The number of benzene rings is 1. The monoisotopic (exact) mass is 347 g/mol. The van der Waals surface area contributed by atoms with Gasteiger partial charge < -0.3 is 0 Å². The van der Waals surface area contributed by atoms with Crippen LogP contribution in [0.3, 0.4) is 0 Å². The molecule has 0 N–H and O–H groups in total. The Hall–Kier alpha value is -1.16. The number of sulfonamides is 1. The number of alkyl halides is 3. The Morgan fingerprint density at radius 3 is 2.24 bits per heavy atom. The maximum atomic E-state index is 13.5. The summed E-state index contributed by atoms with van der Waals surface area (Å²) in [7, 11) is -7.93. The minimum Gasteiger partial charge on any atom is -0.244 e. The number of hydrogen-bond acceptors (Lipinski definition) is 3. The first kappa shape index (κ1) is 17.9. The molecule has 0 heterocycles. The second-order valence-corrected chi connectivity index (χ2v) is 8.53. The average molecular weight is 347 g/mol. The maximum absolute atomic E-state index is 13.5. The quantitative estimate of drug-likeness (QED) is 0.769. The van der Waals surface area contributed by atoms with Gasteiger partial charge in [-0.15, -0.1) is 3.77 Å². The highest BCUT2D eigenvalue weighted by molar-refractivity contribution is 8.02. The Morgan fingerprint density at radius 1 is 1.14 bits per heavy atom. The predicted molar refractivity (Wildman–Crippen MR) is 70.2 cm³/mol. The van der Waals surface area contributed by atoms with Crippen molar-refractivity contribution in [1.82, 2.24) is 0 Å². The van der Waals surface area contributed by atoms with E-state index in [2.05, 4.69) is 3.77 Å². The first-order valence-electron chi connectivity index (χ1n) is 5.70. The van der Waals surface area contributed by atoms with Gasteiger partial charge in [-0.3, -0.25) is 0 Å². The van der Waals surface area contributed by atoms with Gasteiger partial charge in [0.25, 0.3) is 10.0 Å². The highest BCUT2D eigenvalue weighted by atomic mass is 32.3. The minimum atomic E-state index is -4.48. The molecule has 0 fully saturated rings. The summed E-state index contributed by atoms with van der Waals surface area (Å²) >= 11 is 0. The lowest BCUT2D eigenvalue weighted by Gasteiger charge is -2.07. The summed E-state index contributed by atoms with van der Waals surface area (Å²) in [6.45, 7) is 0. The number of rotatable bonds is 5. The molecular formula is C11H13F4NO3S2. The van der Waals surface area contributed by atoms with Crippen molar-refractivity contribution in [2.75, 3.05) is 12.0 Å². The van der Waals surface area contributed by atoms with Crippen molar-refractivity contribution in [3.05, 3.63) is 30.1 Å². The number of nitrogens with zero attached hydrogens (tertiary/aromatic N) is 1. The second kappa shape index (κ2) is 6.30. The lowest BCUT2D eigenvalue weighted by Crippen LogP contribution is -2.13. The summed E-state index contributed by atoms with van der Waals surface area (Å²) in [6.07, 6.45) is -5.53. The summed E-state index contributed by atoms with van der Waals surface area (Å²) in [6, 6.07) is 4.79. The highest BCUT2D eigenvalue weighted by Gasteiger charge is 2.27. The van der Waals surface area contributed by atoms with Crippen molar-refractivity contribution in [2.45, 2.75) is 23.9 Å². The molecule has 0 spiro atoms. The van der Waals surface area contributed by atoms with Crippen molar-refractivity contribution in [2.24, 2.45) is 3.77 Å². The van der Waals surface area contributed by atoms with Crippen molar-refractivity contribution < 1.29 is 30.2 Å². The Balaban J connectivity index is 3.00. The molecule has 0 saturated carbocycles. The first-order chi connectivity index (χ1) is 9.43. The topological polar surface area (TPSA) is 63.6 Å². The fourth-order valence-corrected chi connectivity index (χ4v) is 5.12. The molecule has 0 aliphatic carbocycles. The standard InChI is InChI=1S/C11H13F4NO3S2/c1-20(17,10-6-3-2-5-9(10)12)16-21(18,19)8-4-7-11(13,14)15/h2-3,5-6H,4,7-8H2,1H3. The van der Waals surface area contributed by atoms with Gasteiger partial charge in [0, 0.05) is 12.7 Å². The van der Waals surface area contributed by atoms with E-state index in [9.17, 15) is 30.2 Å². The molecule has 21 heavy (non-hydrogen) atoms. The molecule has 1 aromatic carbocycles. The zero-order valence-electron chi connectivity index (χ0n) is 10.9. The lowest BCUT2D eigenvalue weighted by atomic mass is 10.3. The van der Waals surface area contributed by atoms with Crippen LogP contribution in [-0.4, -0.2) is 30.8 Å². The molecule has 0 aliphatic heterocycles. The fourth-order valence-electron chi connectivity index (χ4n) is 1.50. The van der Waals surface area contributed by atoms with Gasteiger partial charge in [-0.25, -0.2) is 17.0 Å². The van der Waals surface area contributed by atoms with E-state index in [1.807, 2.05) is 0 Å². The number of halogens is 4. The smallest absolute Gasteiger partial charge is 0.244 e. The van der Waals surface area contributed by atoms with Crippen LogP contribution in [0.15, 0.2) is 32.9 Å². The van der Waals surface area contributed by atoms with E-state index in [1.165, 1.54) is 12.1 Å². The van der Waals surface area contributed by atoms with E-state index in [0.717, 1.165) is 18.4 Å². The maximum Gasteiger partial charge on any atom is 0.389 e. The Kier molecular flexibility index (Phi) is 5.37. The molecule has 10 heteroatoms. The second-order valence-electron chi connectivity index (χ2n) is 4.31. The largest absolute Gasteiger partial charge is 0.389 e. The summed E-state index contributed by atoms with van der Waals surface area (Å²) in [5.74, 6) is -1.79. The third-order valence-corrected chi connectivity index (χ3v) is 6.36. The minimum absolute atomic E-state index is 0.399. The van der Waals surface area contributed by atoms with Crippen LogP contribution in [0.4, 0.5) is 17.6 Å². The highest BCUT2D eigenvalue weighted by Crippen LogP contribution is 2.22. The van der Waals surface area contributed by atoms with Crippen LogP contribution >= 0.6 is 0 Å². The molecule has 1 rings (SSSR count). The Labute approximate surface area is 120 Å². The van der Waals surface area contributed by atoms with Gasteiger partial charge in [-0.05, 0) is 18.6 Å². The molecule has 1 unspecified atom stereocenters. The molecule has 1 aromatic rings. The number of hydrogen-bond donors (Lipinski definition) is 0. The summed E-state index contributed by atoms with van der Waals surface area (Å²) in [5.41, 5.74) is 0. The molecule has 0 saturated heterocycles. The van der Waals surface area contributed by atoms with Gasteiger partial charge in [-0.1, -0.05) is 12.1 Å². The molecular weight excluding hydrogens is 334 g/mol. The molecule has 0 amide bonds. The Bertz CT molecular complexity index is 719. The average Bonchev–Trinajstić information content (AvgIpc) is 2.25. The molecule has 0 aromatic heterocycles. The molecule has 120 valence electrons. The summed E-state index contributed by atoms with van der Waals surface area (Å²) in [5, 5.41) is 0. The van der Waals surface area contributed by atoms with E-state index >= 15 is 0 Å². The molecule has 0 aliphatic rings. The van der Waals surface area contributed by atoms with Crippen LogP contribution in [-0.2, 0) is 19.8 Å². The zero-order valence-corrected chi connectivity index (χ0v) is 12.6. The first-order valence-corrected chi connectivity index (χ1v) is 9.24. The van der Waals surface area contributed by atoms with E-state index < -0.39 is 55.2 Å². The molecule has 0 radical (unpaired) electrons. The van der Waals surface area contributed by atoms with Crippen LogP contribution in [0.1, 0.15) is 12.8 Å². The SMILES string of the molecule is CS(=O)(=NS(=O)(=O)CCCC(F)(F)F)c1ccccc1F. The van der Waals surface area contributed by atoms with E-state index in [4.69, 9.17) is 0 Å². The van der Waals surface area contributed by atoms with Crippen molar-refractivity contribution in [1.29, 1.82) is 0 Å². The van der Waals surface area contributed by atoms with Crippen LogP contribution in [0, 0.1) is 5.82 Å². The van der Waals surface area contributed by atoms with Gasteiger partial charge in [0.1, 0.15) is 5.82 Å². The van der Waals surface area contributed by atoms with Crippen molar-refractivity contribution in [3.63, 3.8) is 0 Å². The van der Waals surface area contributed by atoms with E-state index in [-0.39, 0.29) is 0 Å². The molecule has 1 atom stereocenters. The van der Waals surface area contributed by atoms with Crippen LogP contribution < -0.4 is 0 Å². The summed E-state index contributed by atoms with van der Waals surface area (Å²) in [4.78, 5) is -0.399. The van der Waals surface area contributed by atoms with Crippen LogP contribution in [0.5, 0.6) is 0 Å². The Morgan fingerprint density at radius 2 is 1.71 bits per heavy atom. The molecule has 4 nitrogen and oxygen atoms in total. The van der Waals surface area contributed by atoms with Gasteiger partial charge >= 0.3 is 6.18 Å². The zero-order chi connectivity index (χ0) is 16.3. The van der Waals surface area contributed by atoms with E-state index in [0.29, 0.717) is 0 Å². The lowest BCUT2D eigenvalue weighted by molar-refractivity contribution is -0.134. The van der Waals surface area contributed by atoms with Crippen molar-refractivity contribution in [3.8, 4) is 0 Å². The third-order valence-electron chi connectivity index (χ3n) is 2.36. The fraction of sp³-hybridized carbons (Fsp3) is 0.455. The van der Waals surface area contributed by atoms with Gasteiger partial charge in [0.15, 0.2) is 0 Å². The van der Waals surface area contributed by atoms with Crippen LogP contribution in [0.25, 0.3) is 0 Å². The predicted octanol–water partition coefficient (Wildman–Crippen LogP) is 2.95. The van der Waals surface area contributed by atoms with Gasteiger partial charge in [-0.2, -0.15) is 13.2 Å². The van der Waals surface area contributed by atoms with Crippen molar-refractivity contribution >= 4 is 19.8 Å². The normalized spacial score (nSPS) is 15.5. The molecule has 0 bridgehead atoms. The third kappa shape index (κ3) is 6.00. The van der Waals surface area contributed by atoms with E-state index in [1.54, 1.807) is 0 Å². The van der Waals surface area contributed by atoms with Gasteiger partial charge in [0.2, 0.25) is 0 Å². The van der Waals surface area contributed by atoms with Crippen LogP contribution in [0.2, 0.25) is 0 Å².